The third-order valence-electron chi connectivity index (χ3n) is 3.09. The second-order valence-corrected chi connectivity index (χ2v) is 4.17. The molecule has 0 radical (unpaired) electrons. The summed E-state index contributed by atoms with van der Waals surface area (Å²) < 4.78 is 5.13. The summed E-state index contributed by atoms with van der Waals surface area (Å²) in [5, 5.41) is 2.95. The van der Waals surface area contributed by atoms with Crippen LogP contribution in [0, 0.1) is 0 Å². The normalized spacial score (nSPS) is 21.1. The molecule has 0 spiro atoms. The predicted octanol–water partition coefficient (Wildman–Crippen LogP) is 2.08. The molecule has 3 nitrogen and oxygen atoms in total. The molecule has 1 aliphatic rings. The molecule has 16 heavy (non-hydrogen) atoms. The standard InChI is InChI=1S/C13H17NO2/c1-16-12-7-5-10(6-8-12)11-3-2-4-13(15)14-9-11/h5-8,11H,2-4,9H2,1H3,(H,14,15)/t11-/m0/s1. The highest BCUT2D eigenvalue weighted by Crippen LogP contribution is 2.25. The van der Waals surface area contributed by atoms with Gasteiger partial charge in [0.1, 0.15) is 5.75 Å². The highest BCUT2D eigenvalue weighted by Gasteiger charge is 2.17. The van der Waals surface area contributed by atoms with Gasteiger partial charge >= 0.3 is 0 Å². The molecule has 0 bridgehead atoms. The lowest BCUT2D eigenvalue weighted by Gasteiger charge is -2.14. The first-order chi connectivity index (χ1) is 7.79. The zero-order valence-corrected chi connectivity index (χ0v) is 9.53. The Kier molecular flexibility index (Phi) is 3.44. The summed E-state index contributed by atoms with van der Waals surface area (Å²) in [5.41, 5.74) is 1.28. The SMILES string of the molecule is COc1ccc([C@H]2CCCC(=O)NC2)cc1. The maximum atomic E-state index is 11.2. The number of carbonyl (C=O) groups excluding carboxylic acids is 1. The van der Waals surface area contributed by atoms with E-state index in [9.17, 15) is 4.79 Å². The molecule has 0 unspecified atom stereocenters. The number of carbonyl (C=O) groups is 1. The van der Waals surface area contributed by atoms with Crippen molar-refractivity contribution in [2.45, 2.75) is 25.2 Å². The molecule has 2 rings (SSSR count). The Labute approximate surface area is 95.8 Å². The minimum Gasteiger partial charge on any atom is -0.497 e. The van der Waals surface area contributed by atoms with Gasteiger partial charge in [0.2, 0.25) is 5.91 Å². The largest absolute Gasteiger partial charge is 0.497 e. The first-order valence-electron chi connectivity index (χ1n) is 5.70. The van der Waals surface area contributed by atoms with Crippen LogP contribution in [0.3, 0.4) is 0 Å². The Hall–Kier alpha value is -1.51. The van der Waals surface area contributed by atoms with Gasteiger partial charge in [-0.1, -0.05) is 12.1 Å². The van der Waals surface area contributed by atoms with E-state index in [4.69, 9.17) is 4.74 Å². The third-order valence-corrected chi connectivity index (χ3v) is 3.09. The lowest BCUT2D eigenvalue weighted by Crippen LogP contribution is -2.24. The summed E-state index contributed by atoms with van der Waals surface area (Å²) in [7, 11) is 1.67. The molecule has 0 aromatic heterocycles. The molecule has 1 saturated heterocycles. The number of ether oxygens (including phenoxy) is 1. The zero-order valence-electron chi connectivity index (χ0n) is 9.53. The fourth-order valence-electron chi connectivity index (χ4n) is 2.10. The second kappa shape index (κ2) is 5.01. The lowest BCUT2D eigenvalue weighted by atomic mass is 9.94. The van der Waals surface area contributed by atoms with Crippen molar-refractivity contribution < 1.29 is 9.53 Å². The van der Waals surface area contributed by atoms with Crippen molar-refractivity contribution in [2.75, 3.05) is 13.7 Å². The van der Waals surface area contributed by atoms with Crippen LogP contribution >= 0.6 is 0 Å². The van der Waals surface area contributed by atoms with Crippen molar-refractivity contribution in [3.05, 3.63) is 29.8 Å². The highest BCUT2D eigenvalue weighted by molar-refractivity contribution is 5.76. The van der Waals surface area contributed by atoms with Gasteiger partial charge in [-0.05, 0) is 30.5 Å². The van der Waals surface area contributed by atoms with Crippen molar-refractivity contribution in [2.24, 2.45) is 0 Å². The van der Waals surface area contributed by atoms with Crippen molar-refractivity contribution in [1.82, 2.24) is 5.32 Å². The molecule has 1 aromatic carbocycles. The Morgan fingerprint density at radius 1 is 1.31 bits per heavy atom. The number of rotatable bonds is 2. The number of hydrogen-bond donors (Lipinski definition) is 1. The zero-order chi connectivity index (χ0) is 11.4. The molecule has 1 fully saturated rings. The van der Waals surface area contributed by atoms with Gasteiger partial charge in [0.15, 0.2) is 0 Å². The van der Waals surface area contributed by atoms with Crippen molar-refractivity contribution in [3.63, 3.8) is 0 Å². The maximum absolute atomic E-state index is 11.2. The summed E-state index contributed by atoms with van der Waals surface area (Å²) >= 11 is 0. The first-order valence-corrected chi connectivity index (χ1v) is 5.70. The quantitative estimate of drug-likeness (QED) is 0.827. The Balaban J connectivity index is 2.07. The van der Waals surface area contributed by atoms with Gasteiger partial charge in [-0.3, -0.25) is 4.79 Å². The molecule has 0 saturated carbocycles. The summed E-state index contributed by atoms with van der Waals surface area (Å²) in [6.45, 7) is 0.755. The van der Waals surface area contributed by atoms with Crippen molar-refractivity contribution in [3.8, 4) is 5.75 Å². The van der Waals surface area contributed by atoms with Crippen LogP contribution < -0.4 is 10.1 Å². The molecule has 1 heterocycles. The molecule has 1 amide bonds. The average Bonchev–Trinajstić information content (AvgIpc) is 2.54. The van der Waals surface area contributed by atoms with E-state index in [0.29, 0.717) is 12.3 Å². The maximum Gasteiger partial charge on any atom is 0.220 e. The minimum atomic E-state index is 0.177. The van der Waals surface area contributed by atoms with Gasteiger partial charge in [0, 0.05) is 18.9 Å². The number of benzene rings is 1. The number of hydrogen-bond acceptors (Lipinski definition) is 2. The van der Waals surface area contributed by atoms with Gasteiger partial charge in [-0.15, -0.1) is 0 Å². The third kappa shape index (κ3) is 2.54. The molecule has 86 valence electrons. The Morgan fingerprint density at radius 2 is 2.06 bits per heavy atom. The van der Waals surface area contributed by atoms with Crippen LogP contribution in [0.4, 0.5) is 0 Å². The summed E-state index contributed by atoms with van der Waals surface area (Å²) in [4.78, 5) is 11.2. The fourth-order valence-corrected chi connectivity index (χ4v) is 2.10. The molecule has 1 N–H and O–H groups in total. The summed E-state index contributed by atoms with van der Waals surface area (Å²) in [6.07, 6.45) is 2.71. The summed E-state index contributed by atoms with van der Waals surface area (Å²) in [5.74, 6) is 1.50. The molecular formula is C13H17NO2. The van der Waals surface area contributed by atoms with E-state index in [2.05, 4.69) is 17.4 Å². The summed E-state index contributed by atoms with van der Waals surface area (Å²) in [6, 6.07) is 8.12. The van der Waals surface area contributed by atoms with Crippen molar-refractivity contribution >= 4 is 5.91 Å². The Morgan fingerprint density at radius 3 is 2.75 bits per heavy atom. The van der Waals surface area contributed by atoms with Crippen LogP contribution in [0.1, 0.15) is 30.7 Å². The van der Waals surface area contributed by atoms with Crippen LogP contribution in [-0.2, 0) is 4.79 Å². The number of methoxy groups -OCH3 is 1. The number of nitrogens with one attached hydrogen (secondary N) is 1. The van der Waals surface area contributed by atoms with Gasteiger partial charge in [0.05, 0.1) is 7.11 Å². The lowest BCUT2D eigenvalue weighted by molar-refractivity contribution is -0.120. The topological polar surface area (TPSA) is 38.3 Å². The van der Waals surface area contributed by atoms with Gasteiger partial charge in [0.25, 0.3) is 0 Å². The smallest absolute Gasteiger partial charge is 0.220 e. The van der Waals surface area contributed by atoms with Crippen LogP contribution in [0.5, 0.6) is 5.75 Å². The molecule has 0 aliphatic carbocycles. The predicted molar refractivity (Wildman–Crippen MR) is 62.6 cm³/mol. The van der Waals surface area contributed by atoms with Crippen molar-refractivity contribution in [1.29, 1.82) is 0 Å². The van der Waals surface area contributed by atoms with E-state index < -0.39 is 0 Å². The molecule has 1 aromatic rings. The van der Waals surface area contributed by atoms with Crippen LogP contribution in [-0.4, -0.2) is 19.6 Å². The average molecular weight is 219 g/mol. The number of amides is 1. The van der Waals surface area contributed by atoms with E-state index >= 15 is 0 Å². The van der Waals surface area contributed by atoms with Gasteiger partial charge in [-0.2, -0.15) is 0 Å². The minimum absolute atomic E-state index is 0.177. The molecule has 3 heteroatoms. The monoisotopic (exact) mass is 219 g/mol. The molecule has 1 aliphatic heterocycles. The molecular weight excluding hydrogens is 202 g/mol. The van der Waals surface area contributed by atoms with Gasteiger partial charge < -0.3 is 10.1 Å². The Bertz CT molecular complexity index is 359. The highest BCUT2D eigenvalue weighted by atomic mass is 16.5. The molecule has 1 atom stereocenters. The van der Waals surface area contributed by atoms with E-state index in [1.165, 1.54) is 5.56 Å². The van der Waals surface area contributed by atoms with Gasteiger partial charge in [-0.25, -0.2) is 0 Å². The second-order valence-electron chi connectivity index (χ2n) is 4.17. The van der Waals surface area contributed by atoms with Crippen LogP contribution in [0.25, 0.3) is 0 Å². The fraction of sp³-hybridized carbons (Fsp3) is 0.462. The van der Waals surface area contributed by atoms with Crippen LogP contribution in [0.2, 0.25) is 0 Å². The first kappa shape index (κ1) is 11.0. The van der Waals surface area contributed by atoms with E-state index in [1.54, 1.807) is 7.11 Å². The van der Waals surface area contributed by atoms with E-state index in [0.717, 1.165) is 25.1 Å². The van der Waals surface area contributed by atoms with Crippen LogP contribution in [0.15, 0.2) is 24.3 Å². The van der Waals surface area contributed by atoms with E-state index in [-0.39, 0.29) is 5.91 Å². The van der Waals surface area contributed by atoms with E-state index in [1.807, 2.05) is 12.1 Å².